The number of benzene rings is 1. The number of aromatic nitrogens is 1. The minimum Gasteiger partial charge on any atom is -0.449 e. The summed E-state index contributed by atoms with van der Waals surface area (Å²) in [5.74, 6) is -1.08. The Hall–Kier alpha value is -2.83. The zero-order valence-electron chi connectivity index (χ0n) is 13.6. The fraction of sp³-hybridized carbons (Fsp3) is 0.353. The Morgan fingerprint density at radius 2 is 2.12 bits per heavy atom. The molecule has 126 valence electrons. The van der Waals surface area contributed by atoms with Crippen LogP contribution < -0.4 is 10.6 Å². The Balaban J connectivity index is 1.75. The van der Waals surface area contributed by atoms with Crippen LogP contribution >= 0.6 is 0 Å². The molecule has 1 aromatic carbocycles. The largest absolute Gasteiger partial charge is 0.449 e. The van der Waals surface area contributed by atoms with E-state index < -0.39 is 12.1 Å². The van der Waals surface area contributed by atoms with Crippen molar-refractivity contribution in [3.63, 3.8) is 0 Å². The molecule has 1 aliphatic rings. The number of para-hydroxylation sites is 1. The Labute approximate surface area is 139 Å². The topological polar surface area (TPSA) is 98.7 Å². The van der Waals surface area contributed by atoms with Crippen molar-refractivity contribution in [3.05, 3.63) is 41.1 Å². The third-order valence-electron chi connectivity index (χ3n) is 4.10. The van der Waals surface area contributed by atoms with Gasteiger partial charge in [-0.15, -0.1) is 0 Å². The summed E-state index contributed by atoms with van der Waals surface area (Å²) in [7, 11) is 0. The number of aryl methyl sites for hydroxylation is 2. The molecule has 1 unspecified atom stereocenters. The van der Waals surface area contributed by atoms with E-state index in [1.165, 1.54) is 0 Å². The second kappa shape index (κ2) is 6.35. The van der Waals surface area contributed by atoms with Gasteiger partial charge in [0.25, 0.3) is 5.91 Å². The van der Waals surface area contributed by atoms with Crippen molar-refractivity contribution in [1.82, 2.24) is 5.16 Å². The van der Waals surface area contributed by atoms with Gasteiger partial charge in [0, 0.05) is 12.2 Å². The van der Waals surface area contributed by atoms with Gasteiger partial charge in [-0.05, 0) is 38.3 Å². The van der Waals surface area contributed by atoms with Gasteiger partial charge in [-0.25, -0.2) is 4.79 Å². The fourth-order valence-electron chi connectivity index (χ4n) is 2.89. The van der Waals surface area contributed by atoms with Crippen molar-refractivity contribution >= 4 is 23.4 Å². The number of ether oxygens (including phenoxy) is 1. The van der Waals surface area contributed by atoms with E-state index in [9.17, 15) is 9.59 Å². The molecule has 7 nitrogen and oxygen atoms in total. The van der Waals surface area contributed by atoms with Crippen molar-refractivity contribution < 1.29 is 18.8 Å². The zero-order valence-corrected chi connectivity index (χ0v) is 13.6. The van der Waals surface area contributed by atoms with Crippen molar-refractivity contribution in [2.24, 2.45) is 0 Å². The third kappa shape index (κ3) is 2.84. The molecule has 1 amide bonds. The summed E-state index contributed by atoms with van der Waals surface area (Å²) in [6, 6.07) is 7.76. The summed E-state index contributed by atoms with van der Waals surface area (Å²) in [5.41, 5.74) is 7.96. The predicted molar refractivity (Wildman–Crippen MR) is 87.6 cm³/mol. The molecule has 1 aliphatic heterocycles. The second-order valence-corrected chi connectivity index (χ2v) is 5.78. The van der Waals surface area contributed by atoms with Gasteiger partial charge in [0.2, 0.25) is 5.88 Å². The van der Waals surface area contributed by atoms with Gasteiger partial charge in [0.05, 0.1) is 5.69 Å². The van der Waals surface area contributed by atoms with E-state index in [2.05, 4.69) is 5.16 Å². The smallest absolute Gasteiger partial charge is 0.346 e. The van der Waals surface area contributed by atoms with E-state index >= 15 is 0 Å². The summed E-state index contributed by atoms with van der Waals surface area (Å²) in [6.45, 7) is 3.74. The molecule has 0 spiro atoms. The first-order chi connectivity index (χ1) is 11.5. The number of nitrogens with zero attached hydrogens (tertiary/aromatic N) is 2. The quantitative estimate of drug-likeness (QED) is 0.866. The number of hydrogen-bond acceptors (Lipinski definition) is 6. The van der Waals surface area contributed by atoms with Crippen LogP contribution in [0.5, 0.6) is 0 Å². The predicted octanol–water partition coefficient (Wildman–Crippen LogP) is 2.09. The van der Waals surface area contributed by atoms with Gasteiger partial charge in [-0.2, -0.15) is 0 Å². The monoisotopic (exact) mass is 329 g/mol. The third-order valence-corrected chi connectivity index (χ3v) is 4.10. The van der Waals surface area contributed by atoms with E-state index in [-0.39, 0.29) is 17.4 Å². The van der Waals surface area contributed by atoms with Crippen LogP contribution in [0, 0.1) is 6.92 Å². The van der Waals surface area contributed by atoms with Crippen LogP contribution in [0.1, 0.15) is 35.0 Å². The molecule has 0 saturated carbocycles. The molecular weight excluding hydrogens is 310 g/mol. The number of carbonyl (C=O) groups excluding carboxylic acids is 2. The maximum atomic E-state index is 12.7. The van der Waals surface area contributed by atoms with Crippen LogP contribution in [0.3, 0.4) is 0 Å². The molecule has 2 aromatic rings. The second-order valence-electron chi connectivity index (χ2n) is 5.78. The molecule has 3 rings (SSSR count). The molecule has 0 saturated heterocycles. The van der Waals surface area contributed by atoms with Crippen LogP contribution in [-0.2, 0) is 16.0 Å². The molecule has 7 heteroatoms. The molecule has 0 bridgehead atoms. The Bertz CT molecular complexity index is 764. The van der Waals surface area contributed by atoms with Crippen LogP contribution in [0.4, 0.5) is 11.6 Å². The minimum atomic E-state index is -0.933. The number of esters is 1. The number of anilines is 2. The molecule has 0 fully saturated rings. The zero-order chi connectivity index (χ0) is 17.3. The molecule has 0 radical (unpaired) electrons. The highest BCUT2D eigenvalue weighted by atomic mass is 16.6. The lowest BCUT2D eigenvalue weighted by Crippen LogP contribution is -2.42. The highest BCUT2D eigenvalue weighted by molar-refractivity contribution is 6.01. The van der Waals surface area contributed by atoms with Crippen molar-refractivity contribution in [2.45, 2.75) is 32.8 Å². The number of nitrogens with two attached hydrogens (primary N) is 1. The number of rotatable bonds is 3. The first-order valence-electron chi connectivity index (χ1n) is 7.81. The summed E-state index contributed by atoms with van der Waals surface area (Å²) in [5, 5.41) is 3.61. The van der Waals surface area contributed by atoms with E-state index in [0.717, 1.165) is 24.1 Å². The summed E-state index contributed by atoms with van der Waals surface area (Å²) < 4.78 is 10.0. The summed E-state index contributed by atoms with van der Waals surface area (Å²) >= 11 is 0. The van der Waals surface area contributed by atoms with Gasteiger partial charge in [-0.3, -0.25) is 4.79 Å². The first kappa shape index (κ1) is 16.0. The molecule has 0 aliphatic carbocycles. The highest BCUT2D eigenvalue weighted by Gasteiger charge is 2.30. The summed E-state index contributed by atoms with van der Waals surface area (Å²) in [4.78, 5) is 26.6. The Kier molecular flexibility index (Phi) is 4.24. The molecule has 1 aromatic heterocycles. The Morgan fingerprint density at radius 3 is 2.83 bits per heavy atom. The van der Waals surface area contributed by atoms with E-state index in [1.807, 2.05) is 24.3 Å². The van der Waals surface area contributed by atoms with Crippen LogP contribution in [0.2, 0.25) is 0 Å². The van der Waals surface area contributed by atoms with Gasteiger partial charge in [-0.1, -0.05) is 23.4 Å². The molecule has 2 N–H and O–H groups in total. The SMILES string of the molecule is Cc1noc(N)c1C(=O)OC(C)C(=O)N1CCCc2ccccc21. The molecule has 2 heterocycles. The van der Waals surface area contributed by atoms with E-state index in [1.54, 1.807) is 18.7 Å². The lowest BCUT2D eigenvalue weighted by Gasteiger charge is -2.31. The van der Waals surface area contributed by atoms with Gasteiger partial charge in [0.1, 0.15) is 5.56 Å². The van der Waals surface area contributed by atoms with E-state index in [0.29, 0.717) is 12.2 Å². The normalized spacial score (nSPS) is 14.8. The number of amides is 1. The fourth-order valence-corrected chi connectivity index (χ4v) is 2.89. The minimum absolute atomic E-state index is 0.0636. The molecular formula is C17H19N3O4. The lowest BCUT2D eigenvalue weighted by atomic mass is 10.0. The molecule has 1 atom stereocenters. The van der Waals surface area contributed by atoms with Gasteiger partial charge >= 0.3 is 5.97 Å². The van der Waals surface area contributed by atoms with Crippen molar-refractivity contribution in [2.75, 3.05) is 17.2 Å². The van der Waals surface area contributed by atoms with Gasteiger partial charge in [0.15, 0.2) is 6.10 Å². The lowest BCUT2D eigenvalue weighted by molar-refractivity contribution is -0.126. The average Bonchev–Trinajstić information content (AvgIpc) is 2.92. The van der Waals surface area contributed by atoms with Crippen molar-refractivity contribution in [1.29, 1.82) is 0 Å². The van der Waals surface area contributed by atoms with E-state index in [4.69, 9.17) is 15.0 Å². The maximum Gasteiger partial charge on any atom is 0.346 e. The highest BCUT2D eigenvalue weighted by Crippen LogP contribution is 2.27. The number of fused-ring (bicyclic) bond motifs is 1. The van der Waals surface area contributed by atoms with Crippen LogP contribution in [-0.4, -0.2) is 29.7 Å². The summed E-state index contributed by atoms with van der Waals surface area (Å²) in [6.07, 6.45) is 0.878. The molecule has 24 heavy (non-hydrogen) atoms. The van der Waals surface area contributed by atoms with Crippen LogP contribution in [0.15, 0.2) is 28.8 Å². The van der Waals surface area contributed by atoms with Crippen molar-refractivity contribution in [3.8, 4) is 0 Å². The number of hydrogen-bond donors (Lipinski definition) is 1. The average molecular weight is 329 g/mol. The maximum absolute atomic E-state index is 12.7. The van der Waals surface area contributed by atoms with Gasteiger partial charge < -0.3 is 19.9 Å². The number of carbonyl (C=O) groups is 2. The van der Waals surface area contributed by atoms with Crippen LogP contribution in [0.25, 0.3) is 0 Å². The number of nitrogen functional groups attached to an aromatic ring is 1. The Morgan fingerprint density at radius 1 is 1.38 bits per heavy atom. The first-order valence-corrected chi connectivity index (χ1v) is 7.81. The standard InChI is InChI=1S/C17H19N3O4/c1-10-14(15(18)24-19-10)17(22)23-11(2)16(21)20-9-5-7-12-6-3-4-8-13(12)20/h3-4,6,8,11H,5,7,9,18H2,1-2H3.